The van der Waals surface area contributed by atoms with Crippen LogP contribution in [0.2, 0.25) is 0 Å². The first-order chi connectivity index (χ1) is 11.2. The van der Waals surface area contributed by atoms with E-state index >= 15 is 0 Å². The molecule has 6 heteroatoms. The summed E-state index contributed by atoms with van der Waals surface area (Å²) in [6.07, 6.45) is 1.83. The number of carbonyl (C=O) groups excluding carboxylic acids is 1. The van der Waals surface area contributed by atoms with Gasteiger partial charge >= 0.3 is 0 Å². The van der Waals surface area contributed by atoms with Gasteiger partial charge in [0.15, 0.2) is 5.76 Å². The zero-order valence-electron chi connectivity index (χ0n) is 13.5. The van der Waals surface area contributed by atoms with Crippen molar-refractivity contribution in [2.75, 3.05) is 33.3 Å². The van der Waals surface area contributed by atoms with Gasteiger partial charge in [-0.15, -0.1) is 0 Å². The molecule has 1 amide bonds. The first kappa shape index (κ1) is 15.6. The van der Waals surface area contributed by atoms with E-state index in [1.165, 1.54) is 12.7 Å². The van der Waals surface area contributed by atoms with Gasteiger partial charge in [0.05, 0.1) is 12.8 Å². The van der Waals surface area contributed by atoms with Crippen LogP contribution < -0.4 is 4.74 Å². The Morgan fingerprint density at radius 1 is 1.26 bits per heavy atom. The lowest BCUT2D eigenvalue weighted by molar-refractivity contribution is 0.0590. The lowest BCUT2D eigenvalue weighted by atomic mass is 10.2. The summed E-state index contributed by atoms with van der Waals surface area (Å²) in [5, 5.41) is 0. The molecule has 122 valence electrons. The maximum atomic E-state index is 12.4. The molecule has 1 aliphatic heterocycles. The Morgan fingerprint density at radius 3 is 2.70 bits per heavy atom. The highest BCUT2D eigenvalue weighted by atomic mass is 16.6. The van der Waals surface area contributed by atoms with Crippen LogP contribution in [-0.2, 0) is 6.54 Å². The van der Waals surface area contributed by atoms with Gasteiger partial charge in [-0.3, -0.25) is 14.7 Å². The molecule has 0 unspecified atom stereocenters. The molecule has 23 heavy (non-hydrogen) atoms. The van der Waals surface area contributed by atoms with E-state index in [-0.39, 0.29) is 5.91 Å². The van der Waals surface area contributed by atoms with E-state index in [0.717, 1.165) is 25.3 Å². The predicted octanol–water partition coefficient (Wildman–Crippen LogP) is 1.95. The smallest absolute Gasteiger partial charge is 0.289 e. The van der Waals surface area contributed by atoms with Crippen LogP contribution in [0.25, 0.3) is 0 Å². The first-order valence-electron chi connectivity index (χ1n) is 7.73. The zero-order chi connectivity index (χ0) is 16.2. The standard InChI is InChI=1S/C17H21N3O3/c1-13-4-3-7-18-14(13)12-19-8-10-20(11-9-19)17(21)15-5-6-16(22-2)23-15/h3-7H,8-12H2,1-2H3. The van der Waals surface area contributed by atoms with Gasteiger partial charge in [0.25, 0.3) is 11.9 Å². The molecule has 0 bridgehead atoms. The van der Waals surface area contributed by atoms with Crippen molar-refractivity contribution in [2.45, 2.75) is 13.5 Å². The van der Waals surface area contributed by atoms with E-state index in [9.17, 15) is 4.79 Å². The summed E-state index contributed by atoms with van der Waals surface area (Å²) >= 11 is 0. The minimum Gasteiger partial charge on any atom is -0.468 e. The van der Waals surface area contributed by atoms with Gasteiger partial charge in [-0.2, -0.15) is 0 Å². The summed E-state index contributed by atoms with van der Waals surface area (Å²) in [6, 6.07) is 7.34. The molecule has 3 heterocycles. The maximum Gasteiger partial charge on any atom is 0.289 e. The van der Waals surface area contributed by atoms with Crippen LogP contribution in [0, 0.1) is 6.92 Å². The van der Waals surface area contributed by atoms with Gasteiger partial charge in [0.1, 0.15) is 0 Å². The van der Waals surface area contributed by atoms with Crippen LogP contribution in [0.5, 0.6) is 5.95 Å². The average Bonchev–Trinajstić information content (AvgIpc) is 3.06. The van der Waals surface area contributed by atoms with Gasteiger partial charge < -0.3 is 14.1 Å². The number of hydrogen-bond donors (Lipinski definition) is 0. The number of piperazine rings is 1. The van der Waals surface area contributed by atoms with E-state index in [1.807, 2.05) is 17.2 Å². The van der Waals surface area contributed by atoms with Crippen LogP contribution in [-0.4, -0.2) is 54.0 Å². The van der Waals surface area contributed by atoms with Gasteiger partial charge in [-0.25, -0.2) is 0 Å². The fourth-order valence-corrected chi connectivity index (χ4v) is 2.71. The van der Waals surface area contributed by atoms with E-state index < -0.39 is 0 Å². The Bertz CT molecular complexity index is 675. The van der Waals surface area contributed by atoms with E-state index in [4.69, 9.17) is 9.15 Å². The number of pyridine rings is 1. The van der Waals surface area contributed by atoms with Crippen LogP contribution in [0.3, 0.4) is 0 Å². The van der Waals surface area contributed by atoms with E-state index in [0.29, 0.717) is 24.8 Å². The normalized spacial score (nSPS) is 15.7. The van der Waals surface area contributed by atoms with Crippen molar-refractivity contribution in [3.8, 4) is 5.95 Å². The van der Waals surface area contributed by atoms with Crippen molar-refractivity contribution in [1.29, 1.82) is 0 Å². The number of aryl methyl sites for hydroxylation is 1. The van der Waals surface area contributed by atoms with Gasteiger partial charge in [0.2, 0.25) is 0 Å². The number of amides is 1. The predicted molar refractivity (Wildman–Crippen MR) is 85.4 cm³/mol. The Hall–Kier alpha value is -2.34. The minimum absolute atomic E-state index is 0.0815. The number of nitrogens with zero attached hydrogens (tertiary/aromatic N) is 3. The Labute approximate surface area is 135 Å². The molecule has 2 aromatic heterocycles. The SMILES string of the molecule is COc1ccc(C(=O)N2CCN(Cc3ncccc3C)CC2)o1. The molecule has 1 aliphatic rings. The van der Waals surface area contributed by atoms with Gasteiger partial charge in [0, 0.05) is 45.0 Å². The van der Waals surface area contributed by atoms with Crippen molar-refractivity contribution in [1.82, 2.24) is 14.8 Å². The van der Waals surface area contributed by atoms with E-state index in [1.54, 1.807) is 12.1 Å². The molecule has 0 radical (unpaired) electrons. The molecule has 0 saturated carbocycles. The number of methoxy groups -OCH3 is 1. The Kier molecular flexibility index (Phi) is 4.62. The number of aromatic nitrogens is 1. The quantitative estimate of drug-likeness (QED) is 0.863. The summed E-state index contributed by atoms with van der Waals surface area (Å²) < 4.78 is 10.3. The van der Waals surface area contributed by atoms with Crippen LogP contribution in [0.1, 0.15) is 21.8 Å². The number of carbonyl (C=O) groups is 1. The highest BCUT2D eigenvalue weighted by Crippen LogP contribution is 2.18. The van der Waals surface area contributed by atoms with Crippen molar-refractivity contribution >= 4 is 5.91 Å². The summed E-state index contributed by atoms with van der Waals surface area (Å²) in [7, 11) is 1.52. The molecule has 1 fully saturated rings. The summed E-state index contributed by atoms with van der Waals surface area (Å²) in [5.74, 6) is 0.607. The lowest BCUT2D eigenvalue weighted by Gasteiger charge is -2.34. The fourth-order valence-electron chi connectivity index (χ4n) is 2.71. The molecule has 0 atom stereocenters. The molecule has 6 nitrogen and oxygen atoms in total. The molecule has 1 saturated heterocycles. The lowest BCUT2D eigenvalue weighted by Crippen LogP contribution is -2.48. The monoisotopic (exact) mass is 315 g/mol. The summed E-state index contributed by atoms with van der Waals surface area (Å²) in [5.41, 5.74) is 2.30. The van der Waals surface area contributed by atoms with Crippen molar-refractivity contribution in [2.24, 2.45) is 0 Å². The summed E-state index contributed by atoms with van der Waals surface area (Å²) in [6.45, 7) is 5.94. The van der Waals surface area contributed by atoms with Gasteiger partial charge in [-0.05, 0) is 24.6 Å². The Morgan fingerprint density at radius 2 is 2.04 bits per heavy atom. The molecule has 0 aliphatic carbocycles. The summed E-state index contributed by atoms with van der Waals surface area (Å²) in [4.78, 5) is 21.0. The number of rotatable bonds is 4. The molecular formula is C17H21N3O3. The van der Waals surface area contributed by atoms with Crippen LogP contribution in [0.15, 0.2) is 34.9 Å². The van der Waals surface area contributed by atoms with Gasteiger partial charge in [-0.1, -0.05) is 6.07 Å². The fraction of sp³-hybridized carbons (Fsp3) is 0.412. The van der Waals surface area contributed by atoms with Crippen molar-refractivity contribution in [3.63, 3.8) is 0 Å². The minimum atomic E-state index is -0.0815. The van der Waals surface area contributed by atoms with Crippen LogP contribution >= 0.6 is 0 Å². The molecule has 2 aromatic rings. The Balaban J connectivity index is 1.56. The molecular weight excluding hydrogens is 294 g/mol. The molecule has 0 aromatic carbocycles. The topological polar surface area (TPSA) is 58.8 Å². The second kappa shape index (κ2) is 6.83. The molecule has 0 spiro atoms. The third kappa shape index (κ3) is 3.53. The third-order valence-electron chi connectivity index (χ3n) is 4.14. The number of hydrogen-bond acceptors (Lipinski definition) is 5. The second-order valence-electron chi connectivity index (χ2n) is 5.66. The highest BCUT2D eigenvalue weighted by Gasteiger charge is 2.24. The maximum absolute atomic E-state index is 12.4. The van der Waals surface area contributed by atoms with Crippen molar-refractivity contribution in [3.05, 3.63) is 47.5 Å². The largest absolute Gasteiger partial charge is 0.468 e. The highest BCUT2D eigenvalue weighted by molar-refractivity contribution is 5.91. The zero-order valence-corrected chi connectivity index (χ0v) is 13.5. The number of ether oxygens (including phenoxy) is 1. The molecule has 3 rings (SSSR count). The van der Waals surface area contributed by atoms with Crippen molar-refractivity contribution < 1.29 is 13.9 Å². The third-order valence-corrected chi connectivity index (χ3v) is 4.14. The first-order valence-corrected chi connectivity index (χ1v) is 7.73. The number of furan rings is 1. The molecule has 0 N–H and O–H groups in total. The second-order valence-corrected chi connectivity index (χ2v) is 5.66. The average molecular weight is 315 g/mol. The van der Waals surface area contributed by atoms with Crippen LogP contribution in [0.4, 0.5) is 0 Å². The van der Waals surface area contributed by atoms with E-state index in [2.05, 4.69) is 22.9 Å².